The summed E-state index contributed by atoms with van der Waals surface area (Å²) in [4.78, 5) is 4.38. The molecule has 0 saturated carbocycles. The predicted octanol–water partition coefficient (Wildman–Crippen LogP) is 3.51. The van der Waals surface area contributed by atoms with Gasteiger partial charge in [-0.2, -0.15) is 0 Å². The highest BCUT2D eigenvalue weighted by atomic mass is 14.9. The van der Waals surface area contributed by atoms with Gasteiger partial charge in [0.15, 0.2) is 0 Å². The Hall–Kier alpha value is -1.41. The zero-order valence-corrected chi connectivity index (χ0v) is 10.6. The van der Waals surface area contributed by atoms with Crippen molar-refractivity contribution in [2.24, 2.45) is 0 Å². The minimum Gasteiger partial charge on any atom is -0.310 e. The normalized spacial score (nSPS) is 11.2. The van der Waals surface area contributed by atoms with E-state index < -0.39 is 0 Å². The molecule has 0 unspecified atom stereocenters. The van der Waals surface area contributed by atoms with Gasteiger partial charge in [-0.25, -0.2) is 0 Å². The minimum absolute atomic E-state index is 0.613. The number of nitrogens with one attached hydrogen (secondary N) is 1. The van der Waals surface area contributed by atoms with Crippen LogP contribution in [0.4, 0.5) is 0 Å². The molecule has 0 bridgehead atoms. The number of pyridine rings is 1. The van der Waals surface area contributed by atoms with Crippen molar-refractivity contribution in [1.29, 1.82) is 0 Å². The number of fused-ring (bicyclic) bond motifs is 1. The second kappa shape index (κ2) is 5.78. The van der Waals surface area contributed by atoms with Crippen molar-refractivity contribution >= 4 is 10.9 Å². The van der Waals surface area contributed by atoms with Crippen LogP contribution in [0.2, 0.25) is 0 Å². The maximum absolute atomic E-state index is 4.38. The number of hydrogen-bond donors (Lipinski definition) is 1. The summed E-state index contributed by atoms with van der Waals surface area (Å²) >= 11 is 0. The molecule has 0 aliphatic heterocycles. The molecule has 0 spiro atoms. The monoisotopic (exact) mass is 228 g/mol. The summed E-state index contributed by atoms with van der Waals surface area (Å²) in [6, 6.07) is 11.0. The van der Waals surface area contributed by atoms with E-state index in [1.807, 2.05) is 12.3 Å². The van der Waals surface area contributed by atoms with Crippen LogP contribution in [0.25, 0.3) is 10.9 Å². The minimum atomic E-state index is 0.613. The fraction of sp³-hybridized carbons (Fsp3) is 0.400. The van der Waals surface area contributed by atoms with Gasteiger partial charge in [0.05, 0.1) is 5.52 Å². The zero-order valence-electron chi connectivity index (χ0n) is 10.6. The molecule has 0 atom stereocenters. The van der Waals surface area contributed by atoms with Crippen molar-refractivity contribution in [3.05, 3.63) is 42.1 Å². The molecule has 0 radical (unpaired) electrons. The Morgan fingerprint density at radius 1 is 1.12 bits per heavy atom. The molecule has 17 heavy (non-hydrogen) atoms. The van der Waals surface area contributed by atoms with E-state index in [0.29, 0.717) is 6.04 Å². The molecule has 0 fully saturated rings. The second-order valence-electron chi connectivity index (χ2n) is 4.38. The molecule has 0 amide bonds. The third-order valence-corrected chi connectivity index (χ3v) is 3.31. The summed E-state index contributed by atoms with van der Waals surface area (Å²) in [5, 5.41) is 4.86. The summed E-state index contributed by atoms with van der Waals surface area (Å²) in [5.41, 5.74) is 2.42. The molecule has 0 aliphatic rings. The third kappa shape index (κ3) is 2.83. The van der Waals surface area contributed by atoms with Crippen LogP contribution in [0.1, 0.15) is 32.3 Å². The first-order valence-corrected chi connectivity index (χ1v) is 6.41. The van der Waals surface area contributed by atoms with Crippen molar-refractivity contribution in [2.75, 3.05) is 0 Å². The van der Waals surface area contributed by atoms with Crippen molar-refractivity contribution in [2.45, 2.75) is 39.3 Å². The predicted molar refractivity (Wildman–Crippen MR) is 73.0 cm³/mol. The van der Waals surface area contributed by atoms with Crippen LogP contribution in [0.5, 0.6) is 0 Å². The van der Waals surface area contributed by atoms with Crippen molar-refractivity contribution < 1.29 is 0 Å². The van der Waals surface area contributed by atoms with Gasteiger partial charge in [-0.05, 0) is 30.5 Å². The van der Waals surface area contributed by atoms with E-state index in [9.17, 15) is 0 Å². The van der Waals surface area contributed by atoms with Gasteiger partial charge in [0, 0.05) is 24.2 Å². The topological polar surface area (TPSA) is 24.9 Å². The molecular formula is C15H20N2. The highest BCUT2D eigenvalue weighted by Crippen LogP contribution is 2.16. The van der Waals surface area contributed by atoms with E-state index in [1.165, 1.54) is 23.8 Å². The molecule has 1 aromatic carbocycles. The SMILES string of the molecule is CCC(CC)NCc1ccnc2ccccc12. The average Bonchev–Trinajstić information content (AvgIpc) is 2.40. The lowest BCUT2D eigenvalue weighted by atomic mass is 10.1. The first-order valence-electron chi connectivity index (χ1n) is 6.41. The lowest BCUT2D eigenvalue weighted by Gasteiger charge is -2.15. The Morgan fingerprint density at radius 2 is 1.88 bits per heavy atom. The molecule has 1 N–H and O–H groups in total. The van der Waals surface area contributed by atoms with Gasteiger partial charge in [0.1, 0.15) is 0 Å². The van der Waals surface area contributed by atoms with Crippen LogP contribution >= 0.6 is 0 Å². The lowest BCUT2D eigenvalue weighted by Crippen LogP contribution is -2.27. The van der Waals surface area contributed by atoms with E-state index in [0.717, 1.165) is 12.1 Å². The standard InChI is InChI=1S/C15H20N2/c1-3-13(4-2)17-11-12-9-10-16-15-8-6-5-7-14(12)15/h5-10,13,17H,3-4,11H2,1-2H3. The number of benzene rings is 1. The van der Waals surface area contributed by atoms with Crippen LogP contribution in [0, 0.1) is 0 Å². The molecular weight excluding hydrogens is 208 g/mol. The van der Waals surface area contributed by atoms with Crippen molar-refractivity contribution in [1.82, 2.24) is 10.3 Å². The number of aromatic nitrogens is 1. The van der Waals surface area contributed by atoms with Crippen molar-refractivity contribution in [3.8, 4) is 0 Å². The van der Waals surface area contributed by atoms with Gasteiger partial charge < -0.3 is 5.32 Å². The largest absolute Gasteiger partial charge is 0.310 e. The molecule has 1 aromatic heterocycles. The summed E-state index contributed by atoms with van der Waals surface area (Å²) < 4.78 is 0. The maximum Gasteiger partial charge on any atom is 0.0705 e. The number of para-hydroxylation sites is 1. The fourth-order valence-electron chi connectivity index (χ4n) is 2.14. The van der Waals surface area contributed by atoms with E-state index in [2.05, 4.69) is 48.4 Å². The summed E-state index contributed by atoms with van der Waals surface area (Å²) in [6.07, 6.45) is 4.26. The molecule has 90 valence electrons. The van der Waals surface area contributed by atoms with Gasteiger partial charge in [-0.3, -0.25) is 4.98 Å². The smallest absolute Gasteiger partial charge is 0.0705 e. The number of hydrogen-bond acceptors (Lipinski definition) is 2. The van der Waals surface area contributed by atoms with Crippen LogP contribution in [0.3, 0.4) is 0 Å². The lowest BCUT2D eigenvalue weighted by molar-refractivity contribution is 0.485. The second-order valence-corrected chi connectivity index (χ2v) is 4.38. The Morgan fingerprint density at radius 3 is 2.65 bits per heavy atom. The Labute approximate surface area is 103 Å². The highest BCUT2D eigenvalue weighted by Gasteiger charge is 2.04. The van der Waals surface area contributed by atoms with Gasteiger partial charge in [0.25, 0.3) is 0 Å². The van der Waals surface area contributed by atoms with Crippen LogP contribution < -0.4 is 5.32 Å². The van der Waals surface area contributed by atoms with E-state index >= 15 is 0 Å². The molecule has 2 aromatic rings. The van der Waals surface area contributed by atoms with Crippen LogP contribution in [-0.4, -0.2) is 11.0 Å². The molecule has 2 heteroatoms. The Balaban J connectivity index is 2.18. The molecule has 2 rings (SSSR count). The summed E-state index contributed by atoms with van der Waals surface area (Å²) in [6.45, 7) is 5.38. The van der Waals surface area contributed by atoms with Crippen LogP contribution in [-0.2, 0) is 6.54 Å². The number of nitrogens with zero attached hydrogens (tertiary/aromatic N) is 1. The molecule has 0 saturated heterocycles. The third-order valence-electron chi connectivity index (χ3n) is 3.31. The van der Waals surface area contributed by atoms with Crippen molar-refractivity contribution in [3.63, 3.8) is 0 Å². The molecule has 2 nitrogen and oxygen atoms in total. The molecule has 1 heterocycles. The van der Waals surface area contributed by atoms with Gasteiger partial charge in [-0.1, -0.05) is 32.0 Å². The highest BCUT2D eigenvalue weighted by molar-refractivity contribution is 5.81. The molecule has 0 aliphatic carbocycles. The summed E-state index contributed by atoms with van der Waals surface area (Å²) in [5.74, 6) is 0. The van der Waals surface area contributed by atoms with Crippen LogP contribution in [0.15, 0.2) is 36.5 Å². The Kier molecular flexibility index (Phi) is 4.10. The van der Waals surface area contributed by atoms with E-state index in [4.69, 9.17) is 0 Å². The van der Waals surface area contributed by atoms with E-state index in [1.54, 1.807) is 0 Å². The number of rotatable bonds is 5. The average molecular weight is 228 g/mol. The Bertz CT molecular complexity index is 470. The quantitative estimate of drug-likeness (QED) is 0.847. The summed E-state index contributed by atoms with van der Waals surface area (Å²) in [7, 11) is 0. The van der Waals surface area contributed by atoms with Gasteiger partial charge in [0.2, 0.25) is 0 Å². The van der Waals surface area contributed by atoms with Gasteiger partial charge >= 0.3 is 0 Å². The maximum atomic E-state index is 4.38. The first kappa shape index (κ1) is 12.1. The zero-order chi connectivity index (χ0) is 12.1. The fourth-order valence-corrected chi connectivity index (χ4v) is 2.14. The first-order chi connectivity index (χ1) is 8.35. The van der Waals surface area contributed by atoms with Gasteiger partial charge in [-0.15, -0.1) is 0 Å². The van der Waals surface area contributed by atoms with E-state index in [-0.39, 0.29) is 0 Å².